The van der Waals surface area contributed by atoms with Gasteiger partial charge in [-0.1, -0.05) is 12.1 Å². The topological polar surface area (TPSA) is 64.5 Å². The molecule has 0 aliphatic heterocycles. The number of anilines is 2. The molecule has 0 unspecified atom stereocenters. The highest BCUT2D eigenvalue weighted by molar-refractivity contribution is 5.76. The SMILES string of the molecule is COc1ccccc1N(C)Cc1nc2cc(N)ccc2o1. The number of aromatic nitrogens is 1. The number of benzene rings is 2. The molecule has 0 fully saturated rings. The van der Waals surface area contributed by atoms with Crippen LogP contribution in [0.25, 0.3) is 11.1 Å². The third kappa shape index (κ3) is 2.63. The van der Waals surface area contributed by atoms with Gasteiger partial charge in [-0.3, -0.25) is 0 Å². The number of nitrogens with zero attached hydrogens (tertiary/aromatic N) is 2. The predicted octanol–water partition coefficient (Wildman–Crippen LogP) is 3.06. The second-order valence-corrected chi connectivity index (χ2v) is 4.86. The lowest BCUT2D eigenvalue weighted by Gasteiger charge is -2.19. The molecular formula is C16H17N3O2. The van der Waals surface area contributed by atoms with Crippen LogP contribution in [0, 0.1) is 0 Å². The molecule has 0 amide bonds. The van der Waals surface area contributed by atoms with Gasteiger partial charge in [-0.05, 0) is 30.3 Å². The smallest absolute Gasteiger partial charge is 0.215 e. The Kier molecular flexibility index (Phi) is 3.39. The minimum absolute atomic E-state index is 0.551. The first kappa shape index (κ1) is 13.3. The van der Waals surface area contributed by atoms with E-state index < -0.39 is 0 Å². The Morgan fingerprint density at radius 1 is 1.24 bits per heavy atom. The lowest BCUT2D eigenvalue weighted by atomic mass is 10.2. The van der Waals surface area contributed by atoms with Gasteiger partial charge < -0.3 is 19.8 Å². The van der Waals surface area contributed by atoms with Crippen molar-refractivity contribution in [1.82, 2.24) is 4.98 Å². The number of methoxy groups -OCH3 is 1. The van der Waals surface area contributed by atoms with Gasteiger partial charge in [0.15, 0.2) is 5.58 Å². The zero-order valence-electron chi connectivity index (χ0n) is 12.0. The monoisotopic (exact) mass is 283 g/mol. The summed E-state index contributed by atoms with van der Waals surface area (Å²) in [6.07, 6.45) is 0. The summed E-state index contributed by atoms with van der Waals surface area (Å²) < 4.78 is 11.1. The summed E-state index contributed by atoms with van der Waals surface area (Å²) in [4.78, 5) is 6.50. The van der Waals surface area contributed by atoms with Gasteiger partial charge in [-0.25, -0.2) is 4.98 Å². The maximum absolute atomic E-state index is 5.75. The molecule has 0 saturated carbocycles. The van der Waals surface area contributed by atoms with Crippen LogP contribution in [-0.4, -0.2) is 19.1 Å². The van der Waals surface area contributed by atoms with Gasteiger partial charge in [0.05, 0.1) is 19.3 Å². The molecule has 5 nitrogen and oxygen atoms in total. The Balaban J connectivity index is 1.87. The number of oxazole rings is 1. The quantitative estimate of drug-likeness (QED) is 0.745. The number of nitrogen functional groups attached to an aromatic ring is 1. The standard InChI is InChI=1S/C16H17N3O2/c1-19(13-5-3-4-6-15(13)20-2)10-16-18-12-9-11(17)7-8-14(12)21-16/h3-9H,10,17H2,1-2H3. The van der Waals surface area contributed by atoms with Crippen LogP contribution in [0.15, 0.2) is 46.9 Å². The maximum Gasteiger partial charge on any atom is 0.215 e. The van der Waals surface area contributed by atoms with E-state index in [0.717, 1.165) is 22.5 Å². The Labute approximate surface area is 122 Å². The molecule has 0 bridgehead atoms. The maximum atomic E-state index is 5.75. The number of hydrogen-bond donors (Lipinski definition) is 1. The molecule has 3 aromatic rings. The minimum atomic E-state index is 0.551. The van der Waals surface area contributed by atoms with Gasteiger partial charge in [0.1, 0.15) is 11.3 Å². The first-order valence-electron chi connectivity index (χ1n) is 6.66. The molecule has 0 spiro atoms. The molecule has 108 valence electrons. The highest BCUT2D eigenvalue weighted by Gasteiger charge is 2.12. The molecule has 0 aliphatic carbocycles. The molecule has 21 heavy (non-hydrogen) atoms. The molecule has 3 rings (SSSR count). The highest BCUT2D eigenvalue weighted by atomic mass is 16.5. The predicted molar refractivity (Wildman–Crippen MR) is 83.5 cm³/mol. The summed E-state index contributed by atoms with van der Waals surface area (Å²) in [6, 6.07) is 13.3. The van der Waals surface area contributed by atoms with Crippen molar-refractivity contribution in [3.05, 3.63) is 48.4 Å². The molecule has 2 N–H and O–H groups in total. The molecular weight excluding hydrogens is 266 g/mol. The molecule has 5 heteroatoms. The normalized spacial score (nSPS) is 10.8. The Hall–Kier alpha value is -2.69. The van der Waals surface area contributed by atoms with Crippen molar-refractivity contribution in [2.24, 2.45) is 0 Å². The number of para-hydroxylation sites is 2. The summed E-state index contributed by atoms with van der Waals surface area (Å²) in [5.74, 6) is 1.46. The molecule has 0 saturated heterocycles. The third-order valence-electron chi connectivity index (χ3n) is 3.32. The van der Waals surface area contributed by atoms with E-state index in [9.17, 15) is 0 Å². The Morgan fingerprint density at radius 3 is 2.86 bits per heavy atom. The van der Waals surface area contributed by atoms with Gasteiger partial charge in [0.25, 0.3) is 0 Å². The van der Waals surface area contributed by atoms with Crippen molar-refractivity contribution in [2.75, 3.05) is 24.8 Å². The molecule has 2 aromatic carbocycles. The second kappa shape index (κ2) is 5.36. The van der Waals surface area contributed by atoms with Crippen molar-refractivity contribution < 1.29 is 9.15 Å². The fourth-order valence-electron chi connectivity index (χ4n) is 2.29. The molecule has 1 aromatic heterocycles. The highest BCUT2D eigenvalue weighted by Crippen LogP contribution is 2.28. The van der Waals surface area contributed by atoms with Crippen LogP contribution >= 0.6 is 0 Å². The fourth-order valence-corrected chi connectivity index (χ4v) is 2.29. The van der Waals surface area contributed by atoms with Crippen LogP contribution in [0.3, 0.4) is 0 Å². The first-order valence-corrected chi connectivity index (χ1v) is 6.66. The Bertz CT molecular complexity index is 767. The number of fused-ring (bicyclic) bond motifs is 1. The average molecular weight is 283 g/mol. The van der Waals surface area contributed by atoms with Gasteiger partial charge in [0.2, 0.25) is 5.89 Å². The summed E-state index contributed by atoms with van der Waals surface area (Å²) in [5, 5.41) is 0. The summed E-state index contributed by atoms with van der Waals surface area (Å²) >= 11 is 0. The van der Waals surface area contributed by atoms with E-state index in [1.807, 2.05) is 48.3 Å². The van der Waals surface area contributed by atoms with Crippen molar-refractivity contribution >= 4 is 22.5 Å². The van der Waals surface area contributed by atoms with Gasteiger partial charge in [-0.2, -0.15) is 0 Å². The first-order chi connectivity index (χ1) is 10.2. The van der Waals surface area contributed by atoms with Crippen LogP contribution in [0.1, 0.15) is 5.89 Å². The van der Waals surface area contributed by atoms with Crippen LogP contribution in [0.4, 0.5) is 11.4 Å². The zero-order valence-corrected chi connectivity index (χ0v) is 12.0. The third-order valence-corrected chi connectivity index (χ3v) is 3.32. The summed E-state index contributed by atoms with van der Waals surface area (Å²) in [7, 11) is 3.63. The van der Waals surface area contributed by atoms with Crippen molar-refractivity contribution in [3.8, 4) is 5.75 Å². The van der Waals surface area contributed by atoms with Crippen LogP contribution in [-0.2, 0) is 6.54 Å². The van der Waals surface area contributed by atoms with Gasteiger partial charge >= 0.3 is 0 Å². The second-order valence-electron chi connectivity index (χ2n) is 4.86. The van der Waals surface area contributed by atoms with Crippen LogP contribution < -0.4 is 15.4 Å². The van der Waals surface area contributed by atoms with E-state index >= 15 is 0 Å². The van der Waals surface area contributed by atoms with E-state index in [2.05, 4.69) is 4.98 Å². The number of hydrogen-bond acceptors (Lipinski definition) is 5. The van der Waals surface area contributed by atoms with E-state index in [-0.39, 0.29) is 0 Å². The lowest BCUT2D eigenvalue weighted by Crippen LogP contribution is -2.17. The summed E-state index contributed by atoms with van der Waals surface area (Å²) in [5.41, 5.74) is 8.94. The van der Waals surface area contributed by atoms with E-state index in [1.54, 1.807) is 13.2 Å². The largest absolute Gasteiger partial charge is 0.495 e. The fraction of sp³-hybridized carbons (Fsp3) is 0.188. The minimum Gasteiger partial charge on any atom is -0.495 e. The van der Waals surface area contributed by atoms with Crippen molar-refractivity contribution in [3.63, 3.8) is 0 Å². The van der Waals surface area contributed by atoms with Crippen molar-refractivity contribution in [2.45, 2.75) is 6.54 Å². The van der Waals surface area contributed by atoms with Crippen LogP contribution in [0.5, 0.6) is 5.75 Å². The number of nitrogens with two attached hydrogens (primary N) is 1. The average Bonchev–Trinajstić information content (AvgIpc) is 2.88. The van der Waals surface area contributed by atoms with Crippen molar-refractivity contribution in [1.29, 1.82) is 0 Å². The molecule has 0 aliphatic rings. The number of rotatable bonds is 4. The zero-order chi connectivity index (χ0) is 14.8. The lowest BCUT2D eigenvalue weighted by molar-refractivity contribution is 0.414. The Morgan fingerprint density at radius 2 is 2.05 bits per heavy atom. The van der Waals surface area contributed by atoms with E-state index in [4.69, 9.17) is 14.9 Å². The molecule has 0 radical (unpaired) electrons. The van der Waals surface area contributed by atoms with Gasteiger partial charge in [0, 0.05) is 12.7 Å². The van der Waals surface area contributed by atoms with E-state index in [0.29, 0.717) is 18.1 Å². The summed E-state index contributed by atoms with van der Waals surface area (Å²) in [6.45, 7) is 0.551. The van der Waals surface area contributed by atoms with E-state index in [1.165, 1.54) is 0 Å². The molecule has 0 atom stereocenters. The van der Waals surface area contributed by atoms with Gasteiger partial charge in [-0.15, -0.1) is 0 Å². The molecule has 1 heterocycles. The van der Waals surface area contributed by atoms with Crippen LogP contribution in [0.2, 0.25) is 0 Å². The number of ether oxygens (including phenoxy) is 1.